The Morgan fingerprint density at radius 2 is 1.95 bits per heavy atom. The van der Waals surface area contributed by atoms with E-state index in [0.717, 1.165) is 35.5 Å². The Hall–Kier alpha value is -2.36. The monoisotopic (exact) mass is 252 g/mol. The molecule has 96 valence electrons. The van der Waals surface area contributed by atoms with Crippen LogP contribution in [0, 0.1) is 0 Å². The summed E-state index contributed by atoms with van der Waals surface area (Å²) in [5.41, 5.74) is 2.01. The molecule has 2 heterocycles. The molecule has 19 heavy (non-hydrogen) atoms. The lowest BCUT2D eigenvalue weighted by molar-refractivity contribution is 0.697. The molecular formula is C15H16N4. The Morgan fingerprint density at radius 1 is 1.11 bits per heavy atom. The van der Waals surface area contributed by atoms with Crippen LogP contribution in [0.25, 0.3) is 11.0 Å². The van der Waals surface area contributed by atoms with Crippen molar-refractivity contribution in [1.29, 1.82) is 0 Å². The van der Waals surface area contributed by atoms with Gasteiger partial charge in [0.15, 0.2) is 0 Å². The van der Waals surface area contributed by atoms with Gasteiger partial charge in [-0.05, 0) is 24.6 Å². The van der Waals surface area contributed by atoms with Crippen LogP contribution >= 0.6 is 0 Å². The smallest absolute Gasteiger partial charge is 0.145 e. The van der Waals surface area contributed by atoms with Crippen LogP contribution in [0.1, 0.15) is 13.3 Å². The maximum Gasteiger partial charge on any atom is 0.145 e. The zero-order chi connectivity index (χ0) is 13.1. The highest BCUT2D eigenvalue weighted by molar-refractivity contribution is 5.89. The number of para-hydroxylation sites is 1. The van der Waals surface area contributed by atoms with E-state index < -0.39 is 0 Å². The minimum atomic E-state index is 0.853. The maximum atomic E-state index is 4.37. The predicted molar refractivity (Wildman–Crippen MR) is 77.5 cm³/mol. The first kappa shape index (κ1) is 11.7. The molecule has 0 saturated heterocycles. The number of benzene rings is 1. The molecule has 3 aromatic rings. The quantitative estimate of drug-likeness (QED) is 0.771. The average molecular weight is 252 g/mol. The van der Waals surface area contributed by atoms with Crippen molar-refractivity contribution in [1.82, 2.24) is 14.5 Å². The summed E-state index contributed by atoms with van der Waals surface area (Å²) >= 11 is 0. The second-order valence-electron chi connectivity index (χ2n) is 4.46. The molecule has 1 aromatic carbocycles. The molecule has 0 atom stereocenters. The van der Waals surface area contributed by atoms with E-state index in [0.29, 0.717) is 0 Å². The summed E-state index contributed by atoms with van der Waals surface area (Å²) in [6.45, 7) is 3.14. The van der Waals surface area contributed by atoms with E-state index in [-0.39, 0.29) is 0 Å². The highest BCUT2D eigenvalue weighted by Crippen LogP contribution is 2.23. The minimum Gasteiger partial charge on any atom is -0.340 e. The zero-order valence-electron chi connectivity index (χ0n) is 10.9. The van der Waals surface area contributed by atoms with Crippen molar-refractivity contribution in [2.45, 2.75) is 19.9 Å². The molecule has 0 amide bonds. The lowest BCUT2D eigenvalue weighted by Gasteiger charge is -2.07. The fourth-order valence-corrected chi connectivity index (χ4v) is 2.18. The van der Waals surface area contributed by atoms with E-state index in [1.165, 1.54) is 0 Å². The first-order chi connectivity index (χ1) is 9.38. The Bertz CT molecular complexity index is 673. The van der Waals surface area contributed by atoms with Gasteiger partial charge in [0.05, 0.1) is 5.39 Å². The number of aryl methyl sites for hydroxylation is 1. The number of anilines is 2. The second-order valence-corrected chi connectivity index (χ2v) is 4.46. The number of nitrogens with one attached hydrogen (secondary N) is 1. The fourth-order valence-electron chi connectivity index (χ4n) is 2.18. The number of nitrogens with zero attached hydrogens (tertiary/aromatic N) is 3. The van der Waals surface area contributed by atoms with Gasteiger partial charge in [-0.25, -0.2) is 9.97 Å². The van der Waals surface area contributed by atoms with Crippen LogP contribution in [0.15, 0.2) is 48.9 Å². The van der Waals surface area contributed by atoms with E-state index in [4.69, 9.17) is 0 Å². The number of aromatic nitrogens is 3. The van der Waals surface area contributed by atoms with Gasteiger partial charge in [0.2, 0.25) is 0 Å². The minimum absolute atomic E-state index is 0.853. The first-order valence-corrected chi connectivity index (χ1v) is 6.50. The summed E-state index contributed by atoms with van der Waals surface area (Å²) in [7, 11) is 0. The zero-order valence-corrected chi connectivity index (χ0v) is 10.9. The molecule has 0 saturated carbocycles. The summed E-state index contributed by atoms with van der Waals surface area (Å²) in [5.74, 6) is 0.853. The Morgan fingerprint density at radius 3 is 2.74 bits per heavy atom. The third-order valence-corrected chi connectivity index (χ3v) is 3.06. The van der Waals surface area contributed by atoms with Crippen molar-refractivity contribution in [3.63, 3.8) is 0 Å². The van der Waals surface area contributed by atoms with Crippen LogP contribution in [0.3, 0.4) is 0 Å². The Labute approximate surface area is 112 Å². The van der Waals surface area contributed by atoms with Crippen molar-refractivity contribution in [2.24, 2.45) is 0 Å². The van der Waals surface area contributed by atoms with Crippen molar-refractivity contribution >= 4 is 22.5 Å². The highest BCUT2D eigenvalue weighted by atomic mass is 15.1. The molecule has 2 aromatic heterocycles. The molecular weight excluding hydrogens is 236 g/mol. The van der Waals surface area contributed by atoms with Crippen LogP contribution in [0.2, 0.25) is 0 Å². The normalized spacial score (nSPS) is 10.8. The topological polar surface area (TPSA) is 42.7 Å². The molecule has 0 radical (unpaired) electrons. The van der Waals surface area contributed by atoms with Gasteiger partial charge in [0, 0.05) is 18.4 Å². The van der Waals surface area contributed by atoms with Crippen LogP contribution in [-0.4, -0.2) is 14.5 Å². The lowest BCUT2D eigenvalue weighted by Crippen LogP contribution is -1.99. The van der Waals surface area contributed by atoms with Crippen LogP contribution in [-0.2, 0) is 6.54 Å². The van der Waals surface area contributed by atoms with Gasteiger partial charge in [-0.2, -0.15) is 0 Å². The van der Waals surface area contributed by atoms with Crippen LogP contribution in [0.5, 0.6) is 0 Å². The van der Waals surface area contributed by atoms with Crippen molar-refractivity contribution < 1.29 is 0 Å². The van der Waals surface area contributed by atoms with Crippen molar-refractivity contribution in [3.05, 3.63) is 48.9 Å². The number of rotatable bonds is 4. The number of hydrogen-bond acceptors (Lipinski definition) is 3. The van der Waals surface area contributed by atoms with Crippen LogP contribution < -0.4 is 5.32 Å². The van der Waals surface area contributed by atoms with Gasteiger partial charge in [-0.3, -0.25) is 0 Å². The van der Waals surface area contributed by atoms with Gasteiger partial charge in [0.25, 0.3) is 0 Å². The summed E-state index contributed by atoms with van der Waals surface area (Å²) in [6.07, 6.45) is 4.77. The van der Waals surface area contributed by atoms with Crippen molar-refractivity contribution in [3.8, 4) is 0 Å². The SMILES string of the molecule is CCCn1ccc2c(Nc3ccccc3)ncnc21. The van der Waals surface area contributed by atoms with Gasteiger partial charge >= 0.3 is 0 Å². The van der Waals surface area contributed by atoms with E-state index >= 15 is 0 Å². The molecule has 0 aliphatic carbocycles. The third-order valence-electron chi connectivity index (χ3n) is 3.06. The fraction of sp³-hybridized carbons (Fsp3) is 0.200. The molecule has 0 aliphatic rings. The first-order valence-electron chi connectivity index (χ1n) is 6.50. The summed E-state index contributed by atoms with van der Waals surface area (Å²) in [6, 6.07) is 12.1. The number of fused-ring (bicyclic) bond motifs is 1. The molecule has 1 N–H and O–H groups in total. The number of hydrogen-bond donors (Lipinski definition) is 1. The maximum absolute atomic E-state index is 4.37. The summed E-state index contributed by atoms with van der Waals surface area (Å²) < 4.78 is 2.16. The molecule has 3 rings (SSSR count). The molecule has 0 fully saturated rings. The van der Waals surface area contributed by atoms with Crippen molar-refractivity contribution in [2.75, 3.05) is 5.32 Å². The van der Waals surface area contributed by atoms with Gasteiger partial charge in [-0.15, -0.1) is 0 Å². The second kappa shape index (κ2) is 5.10. The summed E-state index contributed by atoms with van der Waals surface area (Å²) in [4.78, 5) is 8.71. The van der Waals surface area contributed by atoms with Gasteiger partial charge in [-0.1, -0.05) is 25.1 Å². The summed E-state index contributed by atoms with van der Waals surface area (Å²) in [5, 5.41) is 4.39. The predicted octanol–water partition coefficient (Wildman–Crippen LogP) is 3.58. The van der Waals surface area contributed by atoms with E-state index in [2.05, 4.69) is 39.0 Å². The molecule has 4 nitrogen and oxygen atoms in total. The van der Waals surface area contributed by atoms with E-state index in [1.54, 1.807) is 6.33 Å². The van der Waals surface area contributed by atoms with E-state index in [1.807, 2.05) is 30.3 Å². The molecule has 0 aliphatic heterocycles. The Balaban J connectivity index is 2.00. The van der Waals surface area contributed by atoms with Gasteiger partial charge in [0.1, 0.15) is 17.8 Å². The molecule has 4 heteroatoms. The lowest BCUT2D eigenvalue weighted by atomic mass is 10.3. The molecule has 0 spiro atoms. The highest BCUT2D eigenvalue weighted by Gasteiger charge is 2.07. The third kappa shape index (κ3) is 2.29. The largest absolute Gasteiger partial charge is 0.340 e. The molecule has 0 bridgehead atoms. The van der Waals surface area contributed by atoms with E-state index in [9.17, 15) is 0 Å². The molecule has 0 unspecified atom stereocenters. The average Bonchev–Trinajstić information content (AvgIpc) is 2.85. The van der Waals surface area contributed by atoms with Crippen LogP contribution in [0.4, 0.5) is 11.5 Å². The van der Waals surface area contributed by atoms with Gasteiger partial charge < -0.3 is 9.88 Å². The Kier molecular flexibility index (Phi) is 3.14. The standard InChI is InChI=1S/C15H16N4/c1-2-9-19-10-8-13-14(16-11-17-15(13)19)18-12-6-4-3-5-7-12/h3-8,10-11H,2,9H2,1H3,(H,16,17,18).